The van der Waals surface area contributed by atoms with Crippen LogP contribution in [0.3, 0.4) is 0 Å². The van der Waals surface area contributed by atoms with E-state index in [4.69, 9.17) is 30.2 Å². The molecule has 8 nitrogen and oxygen atoms in total. The van der Waals surface area contributed by atoms with Gasteiger partial charge in [-0.05, 0) is 78.5 Å². The summed E-state index contributed by atoms with van der Waals surface area (Å²) in [6.07, 6.45) is 3.38. The normalized spacial score (nSPS) is 36.8. The molecule has 0 amide bonds. The topological polar surface area (TPSA) is 139 Å². The van der Waals surface area contributed by atoms with Crippen LogP contribution < -0.4 is 14.5 Å². The molecule has 3 aliphatic rings. The first-order valence-electron chi connectivity index (χ1n) is 9.57. The molecule has 29 heavy (non-hydrogen) atoms. The molecule has 2 saturated carbocycles. The molecule has 1 aromatic rings. The van der Waals surface area contributed by atoms with Crippen LogP contribution in [0.5, 0.6) is 5.75 Å². The number of alkyl halides is 1. The molecule has 0 aliphatic heterocycles. The van der Waals surface area contributed by atoms with Crippen LogP contribution in [0, 0.1) is 17.3 Å². The van der Waals surface area contributed by atoms with Crippen LogP contribution in [0.2, 0.25) is 0 Å². The Morgan fingerprint density at radius 1 is 1.14 bits per heavy atom. The molecule has 4 rings (SSSR count). The Labute approximate surface area is 176 Å². The van der Waals surface area contributed by atoms with E-state index in [-0.39, 0.29) is 17.1 Å². The number of hydrogen-bond donors (Lipinski definition) is 2. The molecule has 0 aromatic heterocycles. The second kappa shape index (κ2) is 7.06. The summed E-state index contributed by atoms with van der Waals surface area (Å²) in [4.78, 5) is 0. The van der Waals surface area contributed by atoms with Crippen molar-refractivity contribution in [2.75, 3.05) is 0 Å². The Morgan fingerprint density at radius 2 is 1.86 bits per heavy atom. The maximum Gasteiger partial charge on any atom is 0.380 e. The Balaban J connectivity index is 1.62. The van der Waals surface area contributed by atoms with Crippen LogP contribution in [0.1, 0.15) is 49.7 Å². The van der Waals surface area contributed by atoms with E-state index in [1.54, 1.807) is 12.1 Å². The van der Waals surface area contributed by atoms with Crippen LogP contribution >= 0.6 is 11.6 Å². The minimum atomic E-state index is -4.08. The van der Waals surface area contributed by atoms with Gasteiger partial charge in [0.05, 0.1) is 5.38 Å². The van der Waals surface area contributed by atoms with Crippen LogP contribution in [-0.2, 0) is 31.2 Å². The maximum atomic E-state index is 11.6. The largest absolute Gasteiger partial charge is 0.380 e. The van der Waals surface area contributed by atoms with E-state index in [1.807, 2.05) is 6.07 Å². The lowest BCUT2D eigenvalue weighted by atomic mass is 9.55. The molecule has 6 atom stereocenters. The van der Waals surface area contributed by atoms with Gasteiger partial charge < -0.3 is 4.18 Å². The molecular formula is C18H25ClN2O6S2. The number of nitrogens with two attached hydrogens (primary N) is 2. The first-order valence-corrected chi connectivity index (χ1v) is 13.0. The number of rotatable bonds is 4. The Morgan fingerprint density at radius 3 is 2.52 bits per heavy atom. The number of benzene rings is 1. The Bertz CT molecular complexity index is 1030. The number of aryl methyl sites for hydroxylation is 1. The predicted molar refractivity (Wildman–Crippen MR) is 108 cm³/mol. The van der Waals surface area contributed by atoms with E-state index in [2.05, 4.69) is 6.92 Å². The monoisotopic (exact) mass is 464 g/mol. The molecule has 2 fully saturated rings. The van der Waals surface area contributed by atoms with Crippen LogP contribution in [0.15, 0.2) is 18.2 Å². The van der Waals surface area contributed by atoms with Gasteiger partial charge >= 0.3 is 20.6 Å². The molecule has 0 radical (unpaired) electrons. The van der Waals surface area contributed by atoms with Crippen LogP contribution in [-0.4, -0.2) is 28.3 Å². The van der Waals surface area contributed by atoms with Gasteiger partial charge in [0.25, 0.3) is 0 Å². The highest BCUT2D eigenvalue weighted by molar-refractivity contribution is 7.84. The highest BCUT2D eigenvalue weighted by atomic mass is 35.5. The average molecular weight is 465 g/mol. The van der Waals surface area contributed by atoms with Crippen molar-refractivity contribution in [1.29, 1.82) is 0 Å². The minimum Gasteiger partial charge on any atom is -0.371 e. The van der Waals surface area contributed by atoms with E-state index in [0.717, 1.165) is 31.2 Å². The molecule has 3 aliphatic carbocycles. The lowest BCUT2D eigenvalue weighted by molar-refractivity contribution is -0.00749. The van der Waals surface area contributed by atoms with Crippen molar-refractivity contribution in [1.82, 2.24) is 0 Å². The summed E-state index contributed by atoms with van der Waals surface area (Å²) in [5.74, 6) is 1.09. The van der Waals surface area contributed by atoms with Gasteiger partial charge in [0.15, 0.2) is 0 Å². The van der Waals surface area contributed by atoms with E-state index < -0.39 is 32.1 Å². The van der Waals surface area contributed by atoms with Crippen molar-refractivity contribution in [2.24, 2.45) is 27.5 Å². The van der Waals surface area contributed by atoms with Gasteiger partial charge in [0.2, 0.25) is 0 Å². The Hall–Kier alpha value is -0.910. The van der Waals surface area contributed by atoms with Crippen LogP contribution in [0.4, 0.5) is 0 Å². The van der Waals surface area contributed by atoms with E-state index in [1.165, 1.54) is 5.56 Å². The van der Waals surface area contributed by atoms with E-state index in [9.17, 15) is 16.8 Å². The Kier molecular flexibility index (Phi) is 5.20. The van der Waals surface area contributed by atoms with Gasteiger partial charge in [-0.1, -0.05) is 13.0 Å². The zero-order chi connectivity index (χ0) is 21.2. The van der Waals surface area contributed by atoms with Crippen molar-refractivity contribution in [3.05, 3.63) is 29.3 Å². The third kappa shape index (κ3) is 4.03. The third-order valence-electron chi connectivity index (χ3n) is 7.04. The highest BCUT2D eigenvalue weighted by Gasteiger charge is 2.59. The fourth-order valence-electron chi connectivity index (χ4n) is 5.98. The first-order chi connectivity index (χ1) is 13.4. The molecule has 4 N–H and O–H groups in total. The molecule has 0 unspecified atom stereocenters. The number of fused-ring (bicyclic) bond motifs is 5. The maximum absolute atomic E-state index is 11.6. The molecule has 0 spiro atoms. The van der Waals surface area contributed by atoms with Gasteiger partial charge in [-0.25, -0.2) is 5.14 Å². The van der Waals surface area contributed by atoms with Crippen molar-refractivity contribution >= 4 is 32.2 Å². The van der Waals surface area contributed by atoms with Crippen molar-refractivity contribution in [3.63, 3.8) is 0 Å². The van der Waals surface area contributed by atoms with Crippen molar-refractivity contribution in [2.45, 2.75) is 56.4 Å². The number of halogens is 1. The smallest absolute Gasteiger partial charge is 0.371 e. The number of hydrogen-bond acceptors (Lipinski definition) is 6. The minimum absolute atomic E-state index is 0.216. The van der Waals surface area contributed by atoms with Gasteiger partial charge in [-0.15, -0.1) is 11.6 Å². The SMILES string of the molecule is C[C@]12CC[C@@H]3c4ccc(OS(N)(=O)=O)cc4CC[C@H]3[C@@H]1C[C@@H](Cl)[C@@H]2OS(N)(=O)=O. The summed E-state index contributed by atoms with van der Waals surface area (Å²) < 4.78 is 55.6. The van der Waals surface area contributed by atoms with Gasteiger partial charge in [-0.2, -0.15) is 22.0 Å². The fourth-order valence-corrected chi connectivity index (χ4v) is 7.59. The van der Waals surface area contributed by atoms with Gasteiger partial charge in [-0.3, -0.25) is 4.18 Å². The lowest BCUT2D eigenvalue weighted by Crippen LogP contribution is -2.46. The molecular weight excluding hydrogens is 440 g/mol. The van der Waals surface area contributed by atoms with Gasteiger partial charge in [0.1, 0.15) is 11.9 Å². The summed E-state index contributed by atoms with van der Waals surface area (Å²) in [5.41, 5.74) is 1.90. The second-order valence-electron chi connectivity index (χ2n) is 8.66. The molecule has 0 heterocycles. The quantitative estimate of drug-likeness (QED) is 0.652. The molecule has 0 saturated heterocycles. The summed E-state index contributed by atoms with van der Waals surface area (Å²) in [5, 5.41) is 9.70. The van der Waals surface area contributed by atoms with Crippen LogP contribution in [0.25, 0.3) is 0 Å². The fraction of sp³-hybridized carbons (Fsp3) is 0.667. The summed E-state index contributed by atoms with van der Waals surface area (Å²) in [6, 6.07) is 5.29. The average Bonchev–Trinajstić information content (AvgIpc) is 2.83. The lowest BCUT2D eigenvalue weighted by Gasteiger charge is -2.50. The molecule has 162 valence electrons. The standard InChI is InChI=1S/C18H25ClN2O6S2/c1-18-7-6-13-12-5-3-11(26-28(20,22)23)8-10(12)2-4-14(13)15(18)9-16(19)17(18)27-29(21,24)25/h3,5,8,13-17H,2,4,6-7,9H2,1H3,(H2,20,22,23)(H2,21,24,25)/t13-,14-,15+,16-,17+,18+/m1/s1. The summed E-state index contributed by atoms with van der Waals surface area (Å²) >= 11 is 6.53. The zero-order valence-corrected chi connectivity index (χ0v) is 18.3. The van der Waals surface area contributed by atoms with Crippen molar-refractivity contribution in [3.8, 4) is 5.75 Å². The van der Waals surface area contributed by atoms with Crippen molar-refractivity contribution < 1.29 is 25.2 Å². The predicted octanol–water partition coefficient (Wildman–Crippen LogP) is 1.93. The molecule has 0 bridgehead atoms. The summed E-state index contributed by atoms with van der Waals surface area (Å²) in [6.45, 7) is 2.06. The zero-order valence-electron chi connectivity index (χ0n) is 16.0. The van der Waals surface area contributed by atoms with E-state index in [0.29, 0.717) is 18.3 Å². The first kappa shape index (κ1) is 21.3. The van der Waals surface area contributed by atoms with E-state index >= 15 is 0 Å². The third-order valence-corrected chi connectivity index (χ3v) is 8.35. The molecule has 11 heteroatoms. The van der Waals surface area contributed by atoms with Gasteiger partial charge in [0, 0.05) is 0 Å². The highest BCUT2D eigenvalue weighted by Crippen LogP contribution is 2.62. The summed E-state index contributed by atoms with van der Waals surface area (Å²) in [7, 11) is -8.15. The second-order valence-corrected chi connectivity index (χ2v) is 11.5. The molecule has 1 aromatic carbocycles.